The Morgan fingerprint density at radius 3 is 1.85 bits per heavy atom. The molecule has 0 aliphatic heterocycles. The Morgan fingerprint density at radius 1 is 1.00 bits per heavy atom. The van der Waals surface area contributed by atoms with Gasteiger partial charge >= 0.3 is 0 Å². The van der Waals surface area contributed by atoms with E-state index in [4.69, 9.17) is 0 Å². The quantitative estimate of drug-likeness (QED) is 0.609. The highest BCUT2D eigenvalue weighted by molar-refractivity contribution is 5.56. The Kier molecular flexibility index (Phi) is 0.611. The summed E-state index contributed by atoms with van der Waals surface area (Å²) in [6.07, 6.45) is 1.41. The molecule has 6 saturated carbocycles. The first-order chi connectivity index (χ1) is 6.15. The molecule has 6 fully saturated rings. The van der Waals surface area contributed by atoms with Crippen molar-refractivity contribution in [2.24, 2.45) is 46.8 Å². The molecule has 0 nitrogen and oxygen atoms in total. The van der Waals surface area contributed by atoms with Gasteiger partial charge in [-0.1, -0.05) is 13.8 Å². The third-order valence-corrected chi connectivity index (χ3v) is 6.48. The van der Waals surface area contributed by atoms with Crippen LogP contribution in [-0.2, 0) is 0 Å². The highest BCUT2D eigenvalue weighted by atomic mass is 19.1. The number of hydrogen-bond acceptors (Lipinski definition) is 0. The van der Waals surface area contributed by atoms with Gasteiger partial charge in [-0.05, 0) is 35.5 Å². The first-order valence-electron chi connectivity index (χ1n) is 5.84. The molecule has 6 aliphatic rings. The van der Waals surface area contributed by atoms with Crippen LogP contribution in [0, 0.1) is 46.8 Å². The lowest BCUT2D eigenvalue weighted by molar-refractivity contribution is -0.649. The van der Waals surface area contributed by atoms with Gasteiger partial charge in [-0.25, -0.2) is 4.39 Å². The number of rotatable bonds is 2. The van der Waals surface area contributed by atoms with Crippen LogP contribution in [0.5, 0.6) is 0 Å². The fourth-order valence-electron chi connectivity index (χ4n) is 6.73. The number of alkyl halides is 1. The molecule has 6 aliphatic carbocycles. The predicted molar refractivity (Wildman–Crippen MR) is 46.7 cm³/mol. The van der Waals surface area contributed by atoms with Crippen LogP contribution in [0.15, 0.2) is 0 Å². The molecule has 0 unspecified atom stereocenters. The standard InChI is InChI=1S/C12H15F/c1-4(2)3-11-5-8-6(11)10-7(11)9(5)12(8,10)13/h4-10H,3H2,1-2H3. The van der Waals surface area contributed by atoms with Crippen LogP contribution in [0.3, 0.4) is 0 Å². The molecule has 0 spiro atoms. The molecule has 0 aromatic carbocycles. The highest BCUT2D eigenvalue weighted by Crippen LogP contribution is 3.08. The summed E-state index contributed by atoms with van der Waals surface area (Å²) in [5.41, 5.74) is 0.154. The third-order valence-electron chi connectivity index (χ3n) is 6.48. The van der Waals surface area contributed by atoms with Gasteiger partial charge in [-0.3, -0.25) is 0 Å². The molecule has 0 aromatic heterocycles. The van der Waals surface area contributed by atoms with Gasteiger partial charge in [0.05, 0.1) is 0 Å². The summed E-state index contributed by atoms with van der Waals surface area (Å²) in [6, 6.07) is 0. The first kappa shape index (κ1) is 6.42. The van der Waals surface area contributed by atoms with Crippen molar-refractivity contribution in [1.29, 1.82) is 0 Å². The summed E-state index contributed by atoms with van der Waals surface area (Å²) in [4.78, 5) is 0. The molecule has 0 saturated heterocycles. The van der Waals surface area contributed by atoms with E-state index in [2.05, 4.69) is 13.8 Å². The molecule has 13 heavy (non-hydrogen) atoms. The Morgan fingerprint density at radius 2 is 1.46 bits per heavy atom. The normalized spacial score (nSPS) is 83.1. The monoisotopic (exact) mass is 178 g/mol. The van der Waals surface area contributed by atoms with Crippen LogP contribution in [0.2, 0.25) is 0 Å². The second kappa shape index (κ2) is 1.24. The predicted octanol–water partition coefficient (Wildman–Crippen LogP) is 2.49. The Labute approximate surface area is 77.9 Å². The molecule has 0 radical (unpaired) electrons. The van der Waals surface area contributed by atoms with Crippen LogP contribution in [0.4, 0.5) is 4.39 Å². The van der Waals surface area contributed by atoms with Crippen molar-refractivity contribution in [3.63, 3.8) is 0 Å². The van der Waals surface area contributed by atoms with E-state index in [1.54, 1.807) is 0 Å². The van der Waals surface area contributed by atoms with Crippen LogP contribution >= 0.6 is 0 Å². The van der Waals surface area contributed by atoms with Crippen molar-refractivity contribution in [2.45, 2.75) is 25.9 Å². The van der Waals surface area contributed by atoms with E-state index in [-0.39, 0.29) is 0 Å². The van der Waals surface area contributed by atoms with E-state index in [9.17, 15) is 4.39 Å². The van der Waals surface area contributed by atoms with Gasteiger partial charge in [0.25, 0.3) is 0 Å². The van der Waals surface area contributed by atoms with Gasteiger partial charge in [0.2, 0.25) is 0 Å². The fourth-order valence-corrected chi connectivity index (χ4v) is 6.73. The molecule has 0 heterocycles. The smallest absolute Gasteiger partial charge is 0.121 e. The summed E-state index contributed by atoms with van der Waals surface area (Å²) in [5.74, 6) is 5.18. The summed E-state index contributed by atoms with van der Waals surface area (Å²) < 4.78 is 13.9. The molecule has 0 aromatic rings. The zero-order chi connectivity index (χ0) is 8.75. The van der Waals surface area contributed by atoms with Crippen molar-refractivity contribution < 1.29 is 4.39 Å². The fraction of sp³-hybridized carbons (Fsp3) is 1.00. The maximum atomic E-state index is 13.9. The van der Waals surface area contributed by atoms with E-state index in [0.29, 0.717) is 17.8 Å². The largest absolute Gasteiger partial charge is 0.243 e. The molecule has 0 amide bonds. The van der Waals surface area contributed by atoms with Crippen LogP contribution in [-0.4, -0.2) is 5.67 Å². The molecule has 6 rings (SSSR count). The van der Waals surface area contributed by atoms with Gasteiger partial charge in [0, 0.05) is 17.8 Å². The van der Waals surface area contributed by atoms with Crippen molar-refractivity contribution in [3.8, 4) is 0 Å². The molecular formula is C12H15F. The Balaban J connectivity index is 1.56. The minimum absolute atomic E-state index is 0.571. The van der Waals surface area contributed by atoms with Gasteiger partial charge in [0.1, 0.15) is 5.67 Å². The average molecular weight is 178 g/mol. The lowest BCUT2D eigenvalue weighted by atomic mass is 8.95. The maximum Gasteiger partial charge on any atom is 0.121 e. The van der Waals surface area contributed by atoms with Crippen molar-refractivity contribution in [3.05, 3.63) is 0 Å². The van der Waals surface area contributed by atoms with E-state index in [1.165, 1.54) is 6.42 Å². The minimum atomic E-state index is -0.571. The summed E-state index contributed by atoms with van der Waals surface area (Å²) in [6.45, 7) is 4.65. The van der Waals surface area contributed by atoms with Gasteiger partial charge in [-0.2, -0.15) is 0 Å². The second-order valence-electron chi connectivity index (χ2n) is 6.69. The lowest BCUT2D eigenvalue weighted by Crippen LogP contribution is -3.11. The van der Waals surface area contributed by atoms with Gasteiger partial charge in [-0.15, -0.1) is 0 Å². The maximum absolute atomic E-state index is 13.9. The Bertz CT molecular complexity index is 289. The van der Waals surface area contributed by atoms with Crippen LogP contribution in [0.1, 0.15) is 20.3 Å². The molecule has 1 heteroatoms. The summed E-state index contributed by atoms with van der Waals surface area (Å²) in [7, 11) is 0. The highest BCUT2D eigenvalue weighted by Gasteiger charge is 3.10. The van der Waals surface area contributed by atoms with E-state index >= 15 is 0 Å². The lowest BCUT2D eigenvalue weighted by Gasteiger charge is -3.09. The zero-order valence-electron chi connectivity index (χ0n) is 8.13. The van der Waals surface area contributed by atoms with Crippen LogP contribution < -0.4 is 0 Å². The van der Waals surface area contributed by atoms with Gasteiger partial charge in [0.15, 0.2) is 0 Å². The van der Waals surface area contributed by atoms with E-state index in [0.717, 1.165) is 29.1 Å². The zero-order valence-corrected chi connectivity index (χ0v) is 8.13. The SMILES string of the molecule is CC(C)CC12C3C4C1C1C2C3C41F. The number of halogens is 1. The van der Waals surface area contributed by atoms with Crippen molar-refractivity contribution >= 4 is 0 Å². The molecule has 0 N–H and O–H groups in total. The number of hydrogen-bond donors (Lipinski definition) is 0. The first-order valence-corrected chi connectivity index (χ1v) is 5.84. The van der Waals surface area contributed by atoms with Crippen molar-refractivity contribution in [2.75, 3.05) is 0 Å². The third kappa shape index (κ3) is 0.279. The Hall–Kier alpha value is -0.0700. The average Bonchev–Trinajstić information content (AvgIpc) is 2.10. The van der Waals surface area contributed by atoms with E-state index < -0.39 is 5.67 Å². The second-order valence-corrected chi connectivity index (χ2v) is 6.69. The molecule has 0 bridgehead atoms. The summed E-state index contributed by atoms with van der Waals surface area (Å²) >= 11 is 0. The molecular weight excluding hydrogens is 163 g/mol. The van der Waals surface area contributed by atoms with E-state index in [1.807, 2.05) is 0 Å². The van der Waals surface area contributed by atoms with Gasteiger partial charge < -0.3 is 0 Å². The molecule has 70 valence electrons. The van der Waals surface area contributed by atoms with Crippen molar-refractivity contribution in [1.82, 2.24) is 0 Å². The topological polar surface area (TPSA) is 0 Å². The van der Waals surface area contributed by atoms with Crippen LogP contribution in [0.25, 0.3) is 0 Å². The molecule has 0 atom stereocenters. The minimum Gasteiger partial charge on any atom is -0.243 e. The summed E-state index contributed by atoms with van der Waals surface area (Å²) in [5, 5.41) is 0.